The van der Waals surface area contributed by atoms with Gasteiger partial charge in [-0.05, 0) is 43.0 Å². The fraction of sp³-hybridized carbons (Fsp3) is 0.381. The van der Waals surface area contributed by atoms with Crippen molar-refractivity contribution >= 4 is 17.7 Å². The van der Waals surface area contributed by atoms with Gasteiger partial charge in [-0.15, -0.1) is 0 Å². The number of rotatable bonds is 9. The van der Waals surface area contributed by atoms with Gasteiger partial charge in [-0.1, -0.05) is 49.4 Å². The molecule has 4 heteroatoms. The van der Waals surface area contributed by atoms with Gasteiger partial charge in [0.2, 0.25) is 0 Å². The maximum atomic E-state index is 12.4. The molecule has 0 heterocycles. The first kappa shape index (κ1) is 19.4. The molecule has 134 valence electrons. The molecule has 0 radical (unpaired) electrons. The van der Waals surface area contributed by atoms with E-state index in [1.807, 2.05) is 68.9 Å². The molecule has 0 unspecified atom stereocenters. The summed E-state index contributed by atoms with van der Waals surface area (Å²) >= 11 is 1.82. The van der Waals surface area contributed by atoms with E-state index in [4.69, 9.17) is 4.74 Å². The summed E-state index contributed by atoms with van der Waals surface area (Å²) in [5.41, 5.74) is 3.57. The van der Waals surface area contributed by atoms with Gasteiger partial charge >= 0.3 is 0 Å². The Morgan fingerprint density at radius 2 is 1.88 bits per heavy atom. The van der Waals surface area contributed by atoms with Crippen LogP contribution >= 0.6 is 11.8 Å². The number of hydrogen-bond donors (Lipinski definition) is 1. The van der Waals surface area contributed by atoms with Crippen LogP contribution < -0.4 is 10.1 Å². The van der Waals surface area contributed by atoms with Crippen LogP contribution in [-0.4, -0.2) is 24.3 Å². The summed E-state index contributed by atoms with van der Waals surface area (Å²) in [4.78, 5) is 12.4. The minimum Gasteiger partial charge on any atom is -0.480 e. The number of nitrogens with one attached hydrogen (secondary N) is 1. The highest BCUT2D eigenvalue weighted by Crippen LogP contribution is 2.22. The topological polar surface area (TPSA) is 38.3 Å². The number of aryl methyl sites for hydroxylation is 1. The lowest BCUT2D eigenvalue weighted by atomic mass is 10.1. The lowest BCUT2D eigenvalue weighted by Gasteiger charge is -2.19. The quantitative estimate of drug-likeness (QED) is 0.671. The number of amides is 1. The molecule has 1 atom stereocenters. The van der Waals surface area contributed by atoms with Crippen molar-refractivity contribution in [2.75, 3.05) is 12.3 Å². The van der Waals surface area contributed by atoms with Gasteiger partial charge in [0.15, 0.2) is 6.10 Å². The molecule has 3 nitrogen and oxygen atoms in total. The predicted octanol–water partition coefficient (Wildman–Crippen LogP) is 4.51. The average Bonchev–Trinajstić information content (AvgIpc) is 2.63. The van der Waals surface area contributed by atoms with Crippen LogP contribution in [0.25, 0.3) is 0 Å². The third-order valence-corrected chi connectivity index (χ3v) is 5.17. The molecule has 0 aliphatic rings. The first-order chi connectivity index (χ1) is 12.1. The molecule has 2 aromatic rings. The van der Waals surface area contributed by atoms with Crippen molar-refractivity contribution in [3.05, 3.63) is 65.2 Å². The van der Waals surface area contributed by atoms with Crippen LogP contribution in [-0.2, 0) is 10.5 Å². The fourth-order valence-electron chi connectivity index (χ4n) is 2.45. The summed E-state index contributed by atoms with van der Waals surface area (Å²) in [7, 11) is 0. The van der Waals surface area contributed by atoms with Gasteiger partial charge in [0.05, 0.1) is 0 Å². The van der Waals surface area contributed by atoms with Crippen molar-refractivity contribution in [1.29, 1.82) is 0 Å². The Hall–Kier alpha value is -1.94. The van der Waals surface area contributed by atoms with Gasteiger partial charge in [-0.2, -0.15) is 11.8 Å². The van der Waals surface area contributed by atoms with Crippen LogP contribution in [0.15, 0.2) is 48.5 Å². The average molecular weight is 358 g/mol. The SMILES string of the molecule is CC[C@@H](Oc1cccc(C)c1C)C(=O)NCCSCc1ccccc1. The number of thioether (sulfide) groups is 1. The molecule has 0 aliphatic carbocycles. The van der Waals surface area contributed by atoms with Crippen LogP contribution in [0.1, 0.15) is 30.0 Å². The van der Waals surface area contributed by atoms with Crippen LogP contribution in [0.2, 0.25) is 0 Å². The zero-order valence-corrected chi connectivity index (χ0v) is 16.1. The second kappa shape index (κ2) is 10.1. The van der Waals surface area contributed by atoms with E-state index in [1.165, 1.54) is 11.1 Å². The molecule has 0 spiro atoms. The summed E-state index contributed by atoms with van der Waals surface area (Å²) in [6, 6.07) is 16.3. The predicted molar refractivity (Wildman–Crippen MR) is 106 cm³/mol. The smallest absolute Gasteiger partial charge is 0.261 e. The largest absolute Gasteiger partial charge is 0.480 e. The second-order valence-corrected chi connectivity index (χ2v) is 7.15. The van der Waals surface area contributed by atoms with Gasteiger partial charge in [-0.25, -0.2) is 0 Å². The maximum Gasteiger partial charge on any atom is 0.261 e. The van der Waals surface area contributed by atoms with Crippen LogP contribution in [0.5, 0.6) is 5.75 Å². The van der Waals surface area contributed by atoms with E-state index in [2.05, 4.69) is 17.4 Å². The molecule has 25 heavy (non-hydrogen) atoms. The molecule has 1 N–H and O–H groups in total. The van der Waals surface area contributed by atoms with Gasteiger partial charge in [-0.3, -0.25) is 4.79 Å². The number of carbonyl (C=O) groups is 1. The van der Waals surface area contributed by atoms with Crippen LogP contribution in [0.3, 0.4) is 0 Å². The van der Waals surface area contributed by atoms with E-state index in [9.17, 15) is 4.79 Å². The zero-order valence-electron chi connectivity index (χ0n) is 15.2. The van der Waals surface area contributed by atoms with Crippen molar-refractivity contribution in [3.8, 4) is 5.75 Å². The third-order valence-electron chi connectivity index (χ3n) is 4.14. The standard InChI is InChI=1S/C21H27NO2S/c1-4-19(24-20-12-8-9-16(2)17(20)3)21(23)22-13-14-25-15-18-10-6-5-7-11-18/h5-12,19H,4,13-15H2,1-3H3,(H,22,23)/t19-/m1/s1. The molecular weight excluding hydrogens is 330 g/mol. The normalized spacial score (nSPS) is 11.8. The van der Waals surface area contributed by atoms with Gasteiger partial charge < -0.3 is 10.1 Å². The number of benzene rings is 2. The minimum absolute atomic E-state index is 0.0382. The van der Waals surface area contributed by atoms with Crippen molar-refractivity contribution in [2.24, 2.45) is 0 Å². The Labute approximate surface area is 155 Å². The number of ether oxygens (including phenoxy) is 1. The summed E-state index contributed by atoms with van der Waals surface area (Å²) in [5, 5.41) is 2.99. The highest BCUT2D eigenvalue weighted by atomic mass is 32.2. The fourth-order valence-corrected chi connectivity index (χ4v) is 3.27. The number of carbonyl (C=O) groups excluding carboxylic acids is 1. The molecular formula is C21H27NO2S. The van der Waals surface area contributed by atoms with Gasteiger partial charge in [0, 0.05) is 18.1 Å². The highest BCUT2D eigenvalue weighted by molar-refractivity contribution is 7.98. The van der Waals surface area contributed by atoms with Crippen LogP contribution in [0, 0.1) is 13.8 Å². The van der Waals surface area contributed by atoms with E-state index in [0.717, 1.165) is 22.8 Å². The Morgan fingerprint density at radius 3 is 2.60 bits per heavy atom. The molecule has 0 fully saturated rings. The molecule has 2 aromatic carbocycles. The van der Waals surface area contributed by atoms with Crippen molar-refractivity contribution < 1.29 is 9.53 Å². The zero-order chi connectivity index (χ0) is 18.1. The first-order valence-electron chi connectivity index (χ1n) is 8.74. The summed E-state index contributed by atoms with van der Waals surface area (Å²) in [5.74, 6) is 2.61. The lowest BCUT2D eigenvalue weighted by molar-refractivity contribution is -0.128. The molecule has 1 amide bonds. The van der Waals surface area contributed by atoms with Gasteiger partial charge in [0.1, 0.15) is 5.75 Å². The molecule has 2 rings (SSSR count). The maximum absolute atomic E-state index is 12.4. The monoisotopic (exact) mass is 357 g/mol. The van der Waals surface area contributed by atoms with Crippen molar-refractivity contribution in [3.63, 3.8) is 0 Å². The third kappa shape index (κ3) is 6.13. The minimum atomic E-state index is -0.445. The molecule has 0 aliphatic heterocycles. The highest BCUT2D eigenvalue weighted by Gasteiger charge is 2.18. The second-order valence-electron chi connectivity index (χ2n) is 6.04. The Balaban J connectivity index is 1.75. The van der Waals surface area contributed by atoms with E-state index >= 15 is 0 Å². The summed E-state index contributed by atoms with van der Waals surface area (Å²) < 4.78 is 5.94. The summed E-state index contributed by atoms with van der Waals surface area (Å²) in [6.07, 6.45) is 0.204. The molecule has 0 aromatic heterocycles. The van der Waals surface area contributed by atoms with E-state index in [0.29, 0.717) is 13.0 Å². The van der Waals surface area contributed by atoms with E-state index < -0.39 is 6.10 Å². The molecule has 0 bridgehead atoms. The Kier molecular flexibility index (Phi) is 7.86. The van der Waals surface area contributed by atoms with Crippen LogP contribution in [0.4, 0.5) is 0 Å². The molecule has 0 saturated carbocycles. The van der Waals surface area contributed by atoms with Crippen molar-refractivity contribution in [2.45, 2.75) is 39.0 Å². The Morgan fingerprint density at radius 1 is 1.12 bits per heavy atom. The van der Waals surface area contributed by atoms with Gasteiger partial charge in [0.25, 0.3) is 5.91 Å². The lowest BCUT2D eigenvalue weighted by Crippen LogP contribution is -2.39. The first-order valence-corrected chi connectivity index (χ1v) is 9.89. The van der Waals surface area contributed by atoms with E-state index in [1.54, 1.807) is 0 Å². The molecule has 0 saturated heterocycles. The van der Waals surface area contributed by atoms with E-state index in [-0.39, 0.29) is 5.91 Å². The Bertz CT molecular complexity index is 673. The number of hydrogen-bond acceptors (Lipinski definition) is 3. The van der Waals surface area contributed by atoms with Crippen molar-refractivity contribution in [1.82, 2.24) is 5.32 Å². The summed E-state index contributed by atoms with van der Waals surface area (Å²) in [6.45, 7) is 6.70.